The maximum Gasteiger partial charge on any atom is 0.433 e. The summed E-state index contributed by atoms with van der Waals surface area (Å²) in [5.41, 5.74) is 4.55. The fourth-order valence-electron chi connectivity index (χ4n) is 1.69. The van der Waals surface area contributed by atoms with E-state index in [2.05, 4.69) is 4.98 Å². The molecule has 0 amide bonds. The Balaban J connectivity index is 2.74. The SMILES string of the molecule is Nc1nc(C(F)(F)F)ccc1-c1c(Cl)c(Cl)c(Cl)c(Cl)c1Cl. The molecule has 1 aromatic heterocycles. The zero-order chi connectivity index (χ0) is 16.8. The lowest BCUT2D eigenvalue weighted by Crippen LogP contribution is -2.10. The summed E-state index contributed by atoms with van der Waals surface area (Å²) in [4.78, 5) is 3.30. The van der Waals surface area contributed by atoms with Gasteiger partial charge in [-0.05, 0) is 12.1 Å². The fourth-order valence-corrected chi connectivity index (χ4v) is 3.03. The van der Waals surface area contributed by atoms with Crippen molar-refractivity contribution in [2.24, 2.45) is 0 Å². The Morgan fingerprint density at radius 1 is 0.818 bits per heavy atom. The highest BCUT2D eigenvalue weighted by Gasteiger charge is 2.33. The second-order valence-corrected chi connectivity index (χ2v) is 5.96. The van der Waals surface area contributed by atoms with Gasteiger partial charge in [0.2, 0.25) is 0 Å². The standard InChI is InChI=1S/C12H4Cl5F3N2/c13-6-5(7(14)9(16)10(17)8(6)15)3-1-2-4(12(18,19)20)22-11(3)21/h1-2H,(H2,21,22). The molecular formula is C12H4Cl5F3N2. The Morgan fingerprint density at radius 3 is 1.68 bits per heavy atom. The molecule has 2 aromatic rings. The average Bonchev–Trinajstić information content (AvgIpc) is 2.43. The third-order valence-corrected chi connectivity index (χ3v) is 4.97. The van der Waals surface area contributed by atoms with Gasteiger partial charge in [0.05, 0.1) is 25.1 Å². The van der Waals surface area contributed by atoms with Gasteiger partial charge < -0.3 is 5.73 Å². The van der Waals surface area contributed by atoms with Crippen LogP contribution in [0.3, 0.4) is 0 Å². The lowest BCUT2D eigenvalue weighted by Gasteiger charge is -2.15. The van der Waals surface area contributed by atoms with Gasteiger partial charge in [0.15, 0.2) is 0 Å². The molecule has 22 heavy (non-hydrogen) atoms. The number of nitrogen functional groups attached to an aromatic ring is 1. The fraction of sp³-hybridized carbons (Fsp3) is 0.0833. The average molecular weight is 410 g/mol. The lowest BCUT2D eigenvalue weighted by molar-refractivity contribution is -0.141. The van der Waals surface area contributed by atoms with E-state index < -0.39 is 17.7 Å². The van der Waals surface area contributed by atoms with Gasteiger partial charge in [-0.3, -0.25) is 0 Å². The van der Waals surface area contributed by atoms with Gasteiger partial charge >= 0.3 is 6.18 Å². The van der Waals surface area contributed by atoms with Gasteiger partial charge in [-0.2, -0.15) is 13.2 Å². The first-order chi connectivity index (χ1) is 10.1. The predicted molar refractivity (Wildman–Crippen MR) is 84.1 cm³/mol. The molecular weight excluding hydrogens is 406 g/mol. The van der Waals surface area contributed by atoms with Gasteiger partial charge in [-0.15, -0.1) is 0 Å². The van der Waals surface area contributed by atoms with Crippen molar-refractivity contribution in [2.75, 3.05) is 5.73 Å². The Labute approximate surface area is 147 Å². The van der Waals surface area contributed by atoms with E-state index in [9.17, 15) is 13.2 Å². The Bertz CT molecular complexity index is 732. The summed E-state index contributed by atoms with van der Waals surface area (Å²) in [5.74, 6) is -0.423. The molecule has 0 saturated carbocycles. The first-order valence-electron chi connectivity index (χ1n) is 5.41. The minimum atomic E-state index is -4.63. The number of pyridine rings is 1. The maximum atomic E-state index is 12.6. The van der Waals surface area contributed by atoms with Crippen LogP contribution in [0.1, 0.15) is 5.69 Å². The minimum absolute atomic E-state index is 0.0569. The summed E-state index contributed by atoms with van der Waals surface area (Å²) < 4.78 is 37.8. The van der Waals surface area contributed by atoms with Gasteiger partial charge in [-0.1, -0.05) is 58.0 Å². The van der Waals surface area contributed by atoms with Gasteiger partial charge in [0.25, 0.3) is 0 Å². The van der Waals surface area contributed by atoms with Crippen LogP contribution in [0, 0.1) is 0 Å². The van der Waals surface area contributed by atoms with E-state index in [1.165, 1.54) is 0 Å². The molecule has 1 heterocycles. The Kier molecular flexibility index (Phi) is 4.95. The smallest absolute Gasteiger partial charge is 0.383 e. The number of nitrogens with two attached hydrogens (primary N) is 1. The van der Waals surface area contributed by atoms with Crippen molar-refractivity contribution in [1.29, 1.82) is 0 Å². The van der Waals surface area contributed by atoms with E-state index in [4.69, 9.17) is 63.7 Å². The molecule has 0 fully saturated rings. The molecule has 118 valence electrons. The van der Waals surface area contributed by atoms with E-state index >= 15 is 0 Å². The summed E-state index contributed by atoms with van der Waals surface area (Å²) in [6, 6.07) is 1.83. The molecule has 2 rings (SSSR count). The van der Waals surface area contributed by atoms with Crippen LogP contribution < -0.4 is 5.73 Å². The Morgan fingerprint density at radius 2 is 1.27 bits per heavy atom. The number of hydrogen-bond acceptors (Lipinski definition) is 2. The number of hydrogen-bond donors (Lipinski definition) is 1. The molecule has 0 radical (unpaired) electrons. The highest BCUT2D eigenvalue weighted by Crippen LogP contribution is 2.49. The van der Waals surface area contributed by atoms with Crippen molar-refractivity contribution in [3.8, 4) is 11.1 Å². The Hall–Kier alpha value is -0.590. The predicted octanol–water partition coefficient (Wildman–Crippen LogP) is 6.62. The van der Waals surface area contributed by atoms with Crippen LogP contribution in [-0.2, 0) is 6.18 Å². The van der Waals surface area contributed by atoms with E-state index in [0.717, 1.165) is 12.1 Å². The second kappa shape index (κ2) is 6.13. The number of halogens is 8. The molecule has 2 N–H and O–H groups in total. The summed E-state index contributed by atoms with van der Waals surface area (Å²) in [7, 11) is 0. The van der Waals surface area contributed by atoms with Crippen molar-refractivity contribution in [3.63, 3.8) is 0 Å². The lowest BCUT2D eigenvalue weighted by atomic mass is 10.1. The maximum absolute atomic E-state index is 12.6. The van der Waals surface area contributed by atoms with Crippen molar-refractivity contribution in [3.05, 3.63) is 42.9 Å². The van der Waals surface area contributed by atoms with Crippen molar-refractivity contribution < 1.29 is 13.2 Å². The molecule has 0 bridgehead atoms. The van der Waals surface area contributed by atoms with E-state index in [1.54, 1.807) is 0 Å². The molecule has 0 aliphatic rings. The number of alkyl halides is 3. The quantitative estimate of drug-likeness (QED) is 0.424. The molecule has 0 aliphatic heterocycles. The normalized spacial score (nSPS) is 11.8. The number of nitrogens with zero attached hydrogens (tertiary/aromatic N) is 1. The monoisotopic (exact) mass is 408 g/mol. The van der Waals surface area contributed by atoms with Crippen LogP contribution in [-0.4, -0.2) is 4.98 Å². The van der Waals surface area contributed by atoms with Gasteiger partial charge in [-0.25, -0.2) is 4.98 Å². The molecule has 0 unspecified atom stereocenters. The van der Waals surface area contributed by atoms with E-state index in [0.29, 0.717) is 0 Å². The molecule has 1 aromatic carbocycles. The first kappa shape index (κ1) is 17.8. The number of rotatable bonds is 1. The highest BCUT2D eigenvalue weighted by atomic mass is 35.5. The van der Waals surface area contributed by atoms with Crippen LogP contribution in [0.25, 0.3) is 11.1 Å². The molecule has 0 spiro atoms. The van der Waals surface area contributed by atoms with Crippen molar-refractivity contribution >= 4 is 63.8 Å². The topological polar surface area (TPSA) is 38.9 Å². The van der Waals surface area contributed by atoms with Crippen molar-refractivity contribution in [2.45, 2.75) is 6.18 Å². The molecule has 0 atom stereocenters. The van der Waals surface area contributed by atoms with Crippen molar-refractivity contribution in [1.82, 2.24) is 4.98 Å². The van der Waals surface area contributed by atoms with Crippen LogP contribution in [0.2, 0.25) is 25.1 Å². The third kappa shape index (κ3) is 3.05. The van der Waals surface area contributed by atoms with Crippen LogP contribution >= 0.6 is 58.0 Å². The zero-order valence-electron chi connectivity index (χ0n) is 10.2. The second-order valence-electron chi connectivity index (χ2n) is 4.07. The molecule has 2 nitrogen and oxygen atoms in total. The van der Waals surface area contributed by atoms with Crippen LogP contribution in [0.15, 0.2) is 12.1 Å². The van der Waals surface area contributed by atoms with E-state index in [-0.39, 0.29) is 36.2 Å². The first-order valence-corrected chi connectivity index (χ1v) is 7.30. The molecule has 0 aliphatic carbocycles. The number of anilines is 1. The molecule has 0 saturated heterocycles. The summed E-state index contributed by atoms with van der Waals surface area (Å²) >= 11 is 29.8. The third-order valence-electron chi connectivity index (χ3n) is 2.69. The summed E-state index contributed by atoms with van der Waals surface area (Å²) in [5, 5.41) is -0.428. The van der Waals surface area contributed by atoms with Crippen LogP contribution in [0.4, 0.5) is 19.0 Å². The van der Waals surface area contributed by atoms with E-state index in [1.807, 2.05) is 0 Å². The van der Waals surface area contributed by atoms with Gasteiger partial charge in [0, 0.05) is 11.1 Å². The highest BCUT2D eigenvalue weighted by molar-refractivity contribution is 6.56. The number of aromatic nitrogens is 1. The zero-order valence-corrected chi connectivity index (χ0v) is 14.0. The molecule has 10 heteroatoms. The number of benzene rings is 1. The van der Waals surface area contributed by atoms with Crippen LogP contribution in [0.5, 0.6) is 0 Å². The summed E-state index contributed by atoms with van der Waals surface area (Å²) in [6.07, 6.45) is -4.63. The minimum Gasteiger partial charge on any atom is -0.383 e. The summed E-state index contributed by atoms with van der Waals surface area (Å²) in [6.45, 7) is 0. The largest absolute Gasteiger partial charge is 0.433 e. The van der Waals surface area contributed by atoms with Gasteiger partial charge in [0.1, 0.15) is 11.5 Å².